The first-order valence-electron chi connectivity index (χ1n) is 5.78. The lowest BCUT2D eigenvalue weighted by molar-refractivity contribution is -0.120. The van der Waals surface area contributed by atoms with E-state index in [9.17, 15) is 4.79 Å². The molecule has 1 atom stereocenters. The third-order valence-corrected chi connectivity index (χ3v) is 3.42. The molecule has 0 saturated heterocycles. The van der Waals surface area contributed by atoms with Gasteiger partial charge >= 0.3 is 0 Å². The van der Waals surface area contributed by atoms with Gasteiger partial charge in [0.25, 0.3) is 0 Å². The van der Waals surface area contributed by atoms with Gasteiger partial charge < -0.3 is 5.32 Å². The summed E-state index contributed by atoms with van der Waals surface area (Å²) in [6.07, 6.45) is 0.524. The van der Waals surface area contributed by atoms with Gasteiger partial charge in [0, 0.05) is 13.0 Å². The molecule has 0 heterocycles. The molecule has 0 radical (unpaired) electrons. The number of benzene rings is 1. The van der Waals surface area contributed by atoms with Crippen LogP contribution >= 0.6 is 23.2 Å². The molecule has 0 aromatic heterocycles. The van der Waals surface area contributed by atoms with E-state index < -0.39 is 0 Å². The average molecular weight is 274 g/mol. The Kier molecular flexibility index (Phi) is 5.96. The second-order valence-corrected chi connectivity index (χ2v) is 4.67. The highest BCUT2D eigenvalue weighted by molar-refractivity contribution is 6.42. The van der Waals surface area contributed by atoms with Gasteiger partial charge in [-0.1, -0.05) is 43.1 Å². The number of ketones is 1. The number of hydrogen-bond acceptors (Lipinski definition) is 2. The minimum Gasteiger partial charge on any atom is -0.316 e. The van der Waals surface area contributed by atoms with Crippen molar-refractivity contribution in [3.63, 3.8) is 0 Å². The van der Waals surface area contributed by atoms with Crippen LogP contribution in [0.3, 0.4) is 0 Å². The Bertz CT molecular complexity index is 393. The monoisotopic (exact) mass is 273 g/mol. The molecule has 0 aliphatic rings. The topological polar surface area (TPSA) is 29.1 Å². The van der Waals surface area contributed by atoms with Crippen molar-refractivity contribution in [2.45, 2.75) is 26.2 Å². The molecule has 1 aromatic carbocycles. The van der Waals surface area contributed by atoms with Gasteiger partial charge in [0.05, 0.1) is 16.0 Å². The Labute approximate surface area is 112 Å². The van der Waals surface area contributed by atoms with E-state index in [1.807, 2.05) is 19.9 Å². The largest absolute Gasteiger partial charge is 0.316 e. The van der Waals surface area contributed by atoms with Crippen molar-refractivity contribution in [2.24, 2.45) is 0 Å². The van der Waals surface area contributed by atoms with Gasteiger partial charge in [0.1, 0.15) is 5.78 Å². The molecular formula is C13H17Cl2NO. The molecule has 0 amide bonds. The van der Waals surface area contributed by atoms with Crippen molar-refractivity contribution in [1.29, 1.82) is 0 Å². The first-order chi connectivity index (χ1) is 8.10. The number of carbonyl (C=O) groups excluding carboxylic acids is 1. The minimum absolute atomic E-state index is 0.144. The number of hydrogen-bond donors (Lipinski definition) is 1. The third kappa shape index (κ3) is 3.98. The van der Waals surface area contributed by atoms with E-state index in [0.717, 1.165) is 12.1 Å². The third-order valence-electron chi connectivity index (χ3n) is 2.68. The van der Waals surface area contributed by atoms with Crippen LogP contribution in [0.15, 0.2) is 18.2 Å². The quantitative estimate of drug-likeness (QED) is 0.857. The van der Waals surface area contributed by atoms with Crippen LogP contribution in [0.5, 0.6) is 0 Å². The van der Waals surface area contributed by atoms with Crippen molar-refractivity contribution >= 4 is 29.0 Å². The van der Waals surface area contributed by atoms with Crippen LogP contribution in [0.25, 0.3) is 0 Å². The average Bonchev–Trinajstić information content (AvgIpc) is 2.33. The Hall–Kier alpha value is -0.570. The lowest BCUT2D eigenvalue weighted by atomic mass is 9.93. The maximum absolute atomic E-state index is 11.9. The summed E-state index contributed by atoms with van der Waals surface area (Å²) in [5, 5.41) is 4.21. The van der Waals surface area contributed by atoms with Crippen LogP contribution in [0.4, 0.5) is 0 Å². The Morgan fingerprint density at radius 1 is 1.29 bits per heavy atom. The van der Waals surface area contributed by atoms with Crippen LogP contribution in [0.2, 0.25) is 10.0 Å². The first-order valence-corrected chi connectivity index (χ1v) is 6.54. The van der Waals surface area contributed by atoms with Crippen molar-refractivity contribution in [3.05, 3.63) is 33.8 Å². The van der Waals surface area contributed by atoms with E-state index in [1.165, 1.54) is 0 Å². The van der Waals surface area contributed by atoms with Gasteiger partial charge in [-0.05, 0) is 24.2 Å². The highest BCUT2D eigenvalue weighted by atomic mass is 35.5. The van der Waals surface area contributed by atoms with Crippen LogP contribution < -0.4 is 5.32 Å². The molecule has 4 heteroatoms. The smallest absolute Gasteiger partial charge is 0.141 e. The van der Waals surface area contributed by atoms with Crippen LogP contribution in [-0.4, -0.2) is 18.9 Å². The maximum Gasteiger partial charge on any atom is 0.141 e. The fraction of sp³-hybridized carbons (Fsp3) is 0.462. The van der Waals surface area contributed by atoms with Gasteiger partial charge in [0.15, 0.2) is 0 Å². The molecule has 1 N–H and O–H groups in total. The molecule has 2 nitrogen and oxygen atoms in total. The van der Waals surface area contributed by atoms with Crippen molar-refractivity contribution < 1.29 is 4.79 Å². The zero-order valence-corrected chi connectivity index (χ0v) is 11.6. The molecule has 0 aliphatic carbocycles. The number of nitrogens with one attached hydrogen (secondary N) is 1. The Morgan fingerprint density at radius 2 is 2.00 bits per heavy atom. The van der Waals surface area contributed by atoms with Crippen LogP contribution in [-0.2, 0) is 4.79 Å². The predicted octanol–water partition coefficient (Wildman–Crippen LogP) is 3.67. The van der Waals surface area contributed by atoms with E-state index in [0.29, 0.717) is 23.0 Å². The van der Waals surface area contributed by atoms with E-state index in [2.05, 4.69) is 5.32 Å². The van der Waals surface area contributed by atoms with E-state index in [4.69, 9.17) is 23.2 Å². The predicted molar refractivity (Wildman–Crippen MR) is 73.0 cm³/mol. The lowest BCUT2D eigenvalue weighted by Crippen LogP contribution is -2.26. The maximum atomic E-state index is 11.9. The normalized spacial score (nSPS) is 12.5. The van der Waals surface area contributed by atoms with E-state index in [-0.39, 0.29) is 11.7 Å². The number of Topliss-reactive ketones (excluding diaryl/α,β-unsaturated/α-hetero) is 1. The fourth-order valence-electron chi connectivity index (χ4n) is 1.68. The highest BCUT2D eigenvalue weighted by Crippen LogP contribution is 2.27. The molecule has 0 unspecified atom stereocenters. The summed E-state index contributed by atoms with van der Waals surface area (Å²) in [7, 11) is 0. The standard InChI is InChI=1S/C13H17Cl2NO/c1-3-13(17)10(8-16-4-2)9-5-6-11(14)12(15)7-9/h5-7,10,16H,3-4,8H2,1-2H3/t10-/m1/s1. The molecule has 0 fully saturated rings. The SMILES string of the molecule is CCNC[C@@H](C(=O)CC)c1ccc(Cl)c(Cl)c1. The summed E-state index contributed by atoms with van der Waals surface area (Å²) >= 11 is 11.8. The van der Waals surface area contributed by atoms with E-state index >= 15 is 0 Å². The van der Waals surface area contributed by atoms with Crippen molar-refractivity contribution in [2.75, 3.05) is 13.1 Å². The number of carbonyl (C=O) groups is 1. The van der Waals surface area contributed by atoms with Gasteiger partial charge in [-0.2, -0.15) is 0 Å². The summed E-state index contributed by atoms with van der Waals surface area (Å²) in [5.41, 5.74) is 0.923. The van der Waals surface area contributed by atoms with Crippen molar-refractivity contribution in [1.82, 2.24) is 5.32 Å². The second kappa shape index (κ2) is 7.00. The molecule has 0 spiro atoms. The van der Waals surface area contributed by atoms with Crippen LogP contribution in [0, 0.1) is 0 Å². The number of halogens is 2. The summed E-state index contributed by atoms with van der Waals surface area (Å²) < 4.78 is 0. The summed E-state index contributed by atoms with van der Waals surface area (Å²) in [4.78, 5) is 11.9. The second-order valence-electron chi connectivity index (χ2n) is 3.85. The fourth-order valence-corrected chi connectivity index (χ4v) is 1.99. The van der Waals surface area contributed by atoms with Crippen molar-refractivity contribution in [3.8, 4) is 0 Å². The molecule has 1 aromatic rings. The Balaban J connectivity index is 2.95. The highest BCUT2D eigenvalue weighted by Gasteiger charge is 2.19. The zero-order valence-electron chi connectivity index (χ0n) is 10.1. The minimum atomic E-state index is -0.144. The zero-order chi connectivity index (χ0) is 12.8. The molecule has 0 bridgehead atoms. The van der Waals surface area contributed by atoms with Gasteiger partial charge in [0.2, 0.25) is 0 Å². The number of likely N-dealkylation sites (N-methyl/N-ethyl adjacent to an activating group) is 1. The molecule has 1 rings (SSSR count). The van der Waals surface area contributed by atoms with Gasteiger partial charge in [-0.3, -0.25) is 4.79 Å². The Morgan fingerprint density at radius 3 is 2.53 bits per heavy atom. The first kappa shape index (κ1) is 14.5. The van der Waals surface area contributed by atoms with Gasteiger partial charge in [-0.25, -0.2) is 0 Å². The molecular weight excluding hydrogens is 257 g/mol. The van der Waals surface area contributed by atoms with Gasteiger partial charge in [-0.15, -0.1) is 0 Å². The molecule has 94 valence electrons. The van der Waals surface area contributed by atoms with Crippen LogP contribution in [0.1, 0.15) is 31.7 Å². The lowest BCUT2D eigenvalue weighted by Gasteiger charge is -2.16. The summed E-state index contributed by atoms with van der Waals surface area (Å²) in [5.74, 6) is 0.0686. The molecule has 0 aliphatic heterocycles. The number of rotatable bonds is 6. The molecule has 17 heavy (non-hydrogen) atoms. The molecule has 0 saturated carbocycles. The summed E-state index contributed by atoms with van der Waals surface area (Å²) in [6, 6.07) is 5.38. The summed E-state index contributed by atoms with van der Waals surface area (Å²) in [6.45, 7) is 5.37. The van der Waals surface area contributed by atoms with E-state index in [1.54, 1.807) is 12.1 Å².